The second-order valence-electron chi connectivity index (χ2n) is 7.21. The maximum atomic E-state index is 12.3. The molecule has 0 saturated carbocycles. The molecule has 132 valence electrons. The normalized spacial score (nSPS) is 21.0. The highest BCUT2D eigenvalue weighted by Gasteiger charge is 2.42. The van der Waals surface area contributed by atoms with Crippen molar-refractivity contribution in [3.8, 4) is 0 Å². The molecule has 0 bridgehead atoms. The van der Waals surface area contributed by atoms with Gasteiger partial charge in [-0.3, -0.25) is 4.79 Å². The van der Waals surface area contributed by atoms with Crippen LogP contribution in [0.2, 0.25) is 10.0 Å². The van der Waals surface area contributed by atoms with Crippen molar-refractivity contribution in [2.75, 3.05) is 19.6 Å². The highest BCUT2D eigenvalue weighted by atomic mass is 35.5. The van der Waals surface area contributed by atoms with Crippen LogP contribution in [-0.2, 0) is 10.2 Å². The Bertz CT molecular complexity index is 663. The van der Waals surface area contributed by atoms with Crippen LogP contribution in [0.1, 0.15) is 32.8 Å². The van der Waals surface area contributed by atoms with E-state index in [0.717, 1.165) is 5.56 Å². The number of nitrogens with zero attached hydrogens (tertiary/aromatic N) is 1. The topological polar surface area (TPSA) is 69.6 Å². The first kappa shape index (κ1) is 18.9. The zero-order valence-electron chi connectivity index (χ0n) is 14.0. The van der Waals surface area contributed by atoms with E-state index in [1.807, 2.05) is 19.9 Å². The summed E-state index contributed by atoms with van der Waals surface area (Å²) in [6.07, 6.45) is 0.464. The molecule has 0 aliphatic carbocycles. The Morgan fingerprint density at radius 2 is 2.00 bits per heavy atom. The molecule has 5 nitrogen and oxygen atoms in total. The Morgan fingerprint density at radius 3 is 2.54 bits per heavy atom. The second-order valence-corrected chi connectivity index (χ2v) is 8.02. The van der Waals surface area contributed by atoms with Crippen LogP contribution in [0.4, 0.5) is 4.79 Å². The van der Waals surface area contributed by atoms with Crippen molar-refractivity contribution >= 4 is 35.2 Å². The van der Waals surface area contributed by atoms with Gasteiger partial charge >= 0.3 is 12.0 Å². The molecule has 1 aliphatic rings. The number of benzene rings is 1. The molecule has 1 heterocycles. The van der Waals surface area contributed by atoms with Crippen LogP contribution < -0.4 is 5.32 Å². The quantitative estimate of drug-likeness (QED) is 0.844. The summed E-state index contributed by atoms with van der Waals surface area (Å²) in [4.78, 5) is 25.2. The molecule has 2 amide bonds. The van der Waals surface area contributed by atoms with Gasteiger partial charge in [0.15, 0.2) is 0 Å². The number of amides is 2. The van der Waals surface area contributed by atoms with Crippen molar-refractivity contribution in [2.24, 2.45) is 5.41 Å². The molecule has 0 aromatic heterocycles. The summed E-state index contributed by atoms with van der Waals surface area (Å²) in [5, 5.41) is 13.1. The summed E-state index contributed by atoms with van der Waals surface area (Å²) in [5.41, 5.74) is -0.231. The number of rotatable bonds is 4. The van der Waals surface area contributed by atoms with Crippen molar-refractivity contribution in [3.63, 3.8) is 0 Å². The lowest BCUT2D eigenvalue weighted by atomic mass is 9.84. The highest BCUT2D eigenvalue weighted by molar-refractivity contribution is 6.42. The van der Waals surface area contributed by atoms with E-state index in [-0.39, 0.29) is 18.0 Å². The van der Waals surface area contributed by atoms with E-state index in [1.54, 1.807) is 24.0 Å². The van der Waals surface area contributed by atoms with Crippen molar-refractivity contribution < 1.29 is 14.7 Å². The minimum atomic E-state index is -0.867. The van der Waals surface area contributed by atoms with E-state index in [4.69, 9.17) is 23.2 Å². The fourth-order valence-electron chi connectivity index (χ4n) is 2.74. The summed E-state index contributed by atoms with van der Waals surface area (Å²) in [5.74, 6) is -0.867. The van der Waals surface area contributed by atoms with Crippen molar-refractivity contribution in [1.82, 2.24) is 10.2 Å². The molecule has 1 aromatic rings. The van der Waals surface area contributed by atoms with Gasteiger partial charge in [-0.25, -0.2) is 4.79 Å². The van der Waals surface area contributed by atoms with Crippen molar-refractivity contribution in [2.45, 2.75) is 32.6 Å². The third-order valence-electron chi connectivity index (χ3n) is 4.66. The average molecular weight is 373 g/mol. The molecule has 0 spiro atoms. The lowest BCUT2D eigenvalue weighted by Gasteiger charge is -2.28. The molecule has 24 heavy (non-hydrogen) atoms. The maximum absolute atomic E-state index is 12.3. The van der Waals surface area contributed by atoms with E-state index in [1.165, 1.54) is 0 Å². The summed E-state index contributed by atoms with van der Waals surface area (Å²) in [6.45, 7) is 6.74. The van der Waals surface area contributed by atoms with Crippen LogP contribution in [0.25, 0.3) is 0 Å². The Morgan fingerprint density at radius 1 is 1.33 bits per heavy atom. The van der Waals surface area contributed by atoms with Gasteiger partial charge in [0, 0.05) is 25.0 Å². The number of halogens is 2. The number of carboxylic acid groups (broad SMARTS) is 1. The van der Waals surface area contributed by atoms with Gasteiger partial charge in [0.1, 0.15) is 0 Å². The predicted octanol–water partition coefficient (Wildman–Crippen LogP) is 3.78. The molecule has 1 saturated heterocycles. The minimum absolute atomic E-state index is 0.224. The number of urea groups is 1. The molecule has 2 N–H and O–H groups in total. The van der Waals surface area contributed by atoms with Crippen LogP contribution in [0.5, 0.6) is 0 Å². The largest absolute Gasteiger partial charge is 0.481 e. The standard InChI is InChI=1S/C17H22Cl2N2O3/c1-16(2,11-4-5-12(18)13(19)8-11)9-20-15(24)21-7-6-17(3,10-21)14(22)23/h4-5,8H,6-7,9-10H2,1-3H3,(H,20,24)(H,22,23). The Hall–Kier alpha value is -1.46. The molecule has 1 aromatic carbocycles. The summed E-state index contributed by atoms with van der Waals surface area (Å²) in [7, 11) is 0. The highest BCUT2D eigenvalue weighted by Crippen LogP contribution is 2.31. The number of aliphatic carboxylic acids is 1. The summed E-state index contributed by atoms with van der Waals surface area (Å²) >= 11 is 12.0. The van der Waals surface area contributed by atoms with Gasteiger partial charge in [-0.2, -0.15) is 0 Å². The van der Waals surface area contributed by atoms with Gasteiger partial charge < -0.3 is 15.3 Å². The number of carbonyl (C=O) groups is 2. The molecule has 1 aliphatic heterocycles. The van der Waals surface area contributed by atoms with Gasteiger partial charge in [-0.15, -0.1) is 0 Å². The maximum Gasteiger partial charge on any atom is 0.317 e. The smallest absolute Gasteiger partial charge is 0.317 e. The van der Waals surface area contributed by atoms with Gasteiger partial charge in [0.2, 0.25) is 0 Å². The third kappa shape index (κ3) is 3.95. The number of likely N-dealkylation sites (tertiary alicyclic amines) is 1. The number of nitrogens with one attached hydrogen (secondary N) is 1. The van der Waals surface area contributed by atoms with Crippen LogP contribution in [-0.4, -0.2) is 41.6 Å². The fourth-order valence-corrected chi connectivity index (χ4v) is 3.03. The molecule has 1 fully saturated rings. The molecular formula is C17H22Cl2N2O3. The molecule has 7 heteroatoms. The molecular weight excluding hydrogens is 351 g/mol. The Kier molecular flexibility index (Phi) is 5.35. The van der Waals surface area contributed by atoms with E-state index < -0.39 is 11.4 Å². The fraction of sp³-hybridized carbons (Fsp3) is 0.529. The van der Waals surface area contributed by atoms with Gasteiger partial charge in [0.25, 0.3) is 0 Å². The van der Waals surface area contributed by atoms with Gasteiger partial charge in [0.05, 0.1) is 15.5 Å². The predicted molar refractivity (Wildman–Crippen MR) is 94.8 cm³/mol. The first-order chi connectivity index (χ1) is 11.0. The summed E-state index contributed by atoms with van der Waals surface area (Å²) < 4.78 is 0. The molecule has 1 unspecified atom stereocenters. The molecule has 1 atom stereocenters. The van der Waals surface area contributed by atoms with Crippen molar-refractivity contribution in [3.05, 3.63) is 33.8 Å². The van der Waals surface area contributed by atoms with Crippen LogP contribution in [0, 0.1) is 5.41 Å². The average Bonchev–Trinajstić information content (AvgIpc) is 2.91. The SMILES string of the molecule is CC1(C(=O)O)CCN(C(=O)NCC(C)(C)c2ccc(Cl)c(Cl)c2)C1. The van der Waals surface area contributed by atoms with Crippen molar-refractivity contribution in [1.29, 1.82) is 0 Å². The van der Waals surface area contributed by atoms with E-state index >= 15 is 0 Å². The monoisotopic (exact) mass is 372 g/mol. The zero-order valence-corrected chi connectivity index (χ0v) is 15.5. The first-order valence-electron chi connectivity index (χ1n) is 7.77. The Balaban J connectivity index is 1.98. The lowest BCUT2D eigenvalue weighted by molar-refractivity contribution is -0.147. The van der Waals surface area contributed by atoms with E-state index in [9.17, 15) is 14.7 Å². The summed E-state index contributed by atoms with van der Waals surface area (Å²) in [6, 6.07) is 5.18. The number of carbonyl (C=O) groups excluding carboxylic acids is 1. The van der Waals surface area contributed by atoms with E-state index in [2.05, 4.69) is 5.32 Å². The zero-order chi connectivity index (χ0) is 18.1. The molecule has 0 radical (unpaired) electrons. The Labute approximate surface area is 151 Å². The number of carboxylic acids is 1. The van der Waals surface area contributed by atoms with E-state index in [0.29, 0.717) is 29.6 Å². The minimum Gasteiger partial charge on any atom is -0.481 e. The number of hydrogen-bond acceptors (Lipinski definition) is 2. The van der Waals surface area contributed by atoms with Gasteiger partial charge in [-0.1, -0.05) is 43.1 Å². The van der Waals surface area contributed by atoms with Gasteiger partial charge in [-0.05, 0) is 31.0 Å². The van der Waals surface area contributed by atoms with Crippen LogP contribution in [0.15, 0.2) is 18.2 Å². The lowest BCUT2D eigenvalue weighted by Crippen LogP contribution is -2.45. The molecule has 2 rings (SSSR count). The second kappa shape index (κ2) is 6.81. The number of hydrogen-bond donors (Lipinski definition) is 2. The van der Waals surface area contributed by atoms with Crippen LogP contribution >= 0.6 is 23.2 Å². The van der Waals surface area contributed by atoms with Crippen LogP contribution in [0.3, 0.4) is 0 Å². The third-order valence-corrected chi connectivity index (χ3v) is 5.40. The first-order valence-corrected chi connectivity index (χ1v) is 8.52.